The van der Waals surface area contributed by atoms with Crippen molar-refractivity contribution >= 4 is 17.8 Å². The van der Waals surface area contributed by atoms with Gasteiger partial charge in [-0.25, -0.2) is 0 Å². The lowest BCUT2D eigenvalue weighted by molar-refractivity contribution is -0.142. The van der Waals surface area contributed by atoms with E-state index in [2.05, 4.69) is 6.58 Å². The number of hydrogen-bond acceptors (Lipinski definition) is 4. The van der Waals surface area contributed by atoms with E-state index in [0.717, 1.165) is 16.7 Å². The third-order valence-electron chi connectivity index (χ3n) is 4.61. The second kappa shape index (κ2) is 6.64. The summed E-state index contributed by atoms with van der Waals surface area (Å²) in [4.78, 5) is 24.7. The number of Topliss-reactive ketones (excluding diaryl/α,β-unsaturated/α-hetero) is 1. The smallest absolute Gasteiger partial charge is 0.315 e. The van der Waals surface area contributed by atoms with Crippen LogP contribution >= 0.6 is 0 Å². The SMILES string of the molecule is C=C1C=Cc2cc3c(cc2O1)OC(=O)C(CC(=O)Cc1ccccc1)C3. The van der Waals surface area contributed by atoms with E-state index >= 15 is 0 Å². The summed E-state index contributed by atoms with van der Waals surface area (Å²) >= 11 is 0. The lowest BCUT2D eigenvalue weighted by atomic mass is 9.89. The normalized spacial score (nSPS) is 17.8. The van der Waals surface area contributed by atoms with Gasteiger partial charge in [-0.1, -0.05) is 36.9 Å². The maximum absolute atomic E-state index is 12.4. The number of ether oxygens (including phenoxy) is 2. The summed E-state index contributed by atoms with van der Waals surface area (Å²) < 4.78 is 11.0. The third-order valence-corrected chi connectivity index (χ3v) is 4.61. The first kappa shape index (κ1) is 16.3. The molecule has 0 spiro atoms. The van der Waals surface area contributed by atoms with E-state index in [1.54, 1.807) is 12.1 Å². The van der Waals surface area contributed by atoms with E-state index in [9.17, 15) is 9.59 Å². The Balaban J connectivity index is 1.50. The summed E-state index contributed by atoms with van der Waals surface area (Å²) in [7, 11) is 0. The van der Waals surface area contributed by atoms with Crippen molar-refractivity contribution in [3.05, 3.63) is 77.6 Å². The second-order valence-electron chi connectivity index (χ2n) is 6.63. The zero-order valence-electron chi connectivity index (χ0n) is 14.2. The Morgan fingerprint density at radius 3 is 2.69 bits per heavy atom. The monoisotopic (exact) mass is 346 g/mol. The Hall–Kier alpha value is -3.14. The summed E-state index contributed by atoms with van der Waals surface area (Å²) in [6.07, 6.45) is 4.74. The molecule has 26 heavy (non-hydrogen) atoms. The van der Waals surface area contributed by atoms with Crippen LogP contribution in [0.2, 0.25) is 0 Å². The molecule has 1 atom stereocenters. The topological polar surface area (TPSA) is 52.6 Å². The molecule has 2 aromatic carbocycles. The van der Waals surface area contributed by atoms with E-state index in [0.29, 0.717) is 30.1 Å². The molecule has 4 nitrogen and oxygen atoms in total. The molecule has 0 aliphatic carbocycles. The van der Waals surface area contributed by atoms with E-state index < -0.39 is 5.92 Å². The number of carbonyl (C=O) groups excluding carboxylic acids is 2. The van der Waals surface area contributed by atoms with Gasteiger partial charge in [0.25, 0.3) is 0 Å². The van der Waals surface area contributed by atoms with E-state index in [1.165, 1.54) is 0 Å². The van der Waals surface area contributed by atoms with Gasteiger partial charge in [-0.15, -0.1) is 0 Å². The van der Waals surface area contributed by atoms with Gasteiger partial charge in [0.15, 0.2) is 0 Å². The number of rotatable bonds is 4. The highest BCUT2D eigenvalue weighted by atomic mass is 16.5. The minimum absolute atomic E-state index is 0.0408. The van der Waals surface area contributed by atoms with Crippen LogP contribution in [0.1, 0.15) is 23.1 Å². The zero-order chi connectivity index (χ0) is 18.1. The average Bonchev–Trinajstić information content (AvgIpc) is 2.62. The molecule has 4 heteroatoms. The Bertz CT molecular complexity index is 925. The highest BCUT2D eigenvalue weighted by Crippen LogP contribution is 2.38. The first-order valence-electron chi connectivity index (χ1n) is 8.57. The van der Waals surface area contributed by atoms with Crippen LogP contribution in [-0.2, 0) is 22.4 Å². The molecular weight excluding hydrogens is 328 g/mol. The minimum Gasteiger partial charge on any atom is -0.457 e. The number of ketones is 1. The quantitative estimate of drug-likeness (QED) is 0.623. The molecule has 0 N–H and O–H groups in total. The van der Waals surface area contributed by atoms with Crippen molar-refractivity contribution in [1.29, 1.82) is 0 Å². The van der Waals surface area contributed by atoms with Crippen molar-refractivity contribution in [3.8, 4) is 11.5 Å². The fourth-order valence-corrected chi connectivity index (χ4v) is 3.32. The molecule has 2 aliphatic heterocycles. The predicted octanol–water partition coefficient (Wildman–Crippen LogP) is 3.89. The number of benzene rings is 2. The number of fused-ring (bicyclic) bond motifs is 2. The van der Waals surface area contributed by atoms with Gasteiger partial charge in [0, 0.05) is 24.5 Å². The molecule has 130 valence electrons. The van der Waals surface area contributed by atoms with Crippen LogP contribution in [0.25, 0.3) is 6.08 Å². The third kappa shape index (κ3) is 3.31. The number of esters is 1. The van der Waals surface area contributed by atoms with Crippen LogP contribution in [0.15, 0.2) is 60.9 Å². The lowest BCUT2D eigenvalue weighted by Gasteiger charge is -2.25. The minimum atomic E-state index is -0.444. The molecule has 2 heterocycles. The van der Waals surface area contributed by atoms with Crippen LogP contribution in [0.4, 0.5) is 0 Å². The fourth-order valence-electron chi connectivity index (χ4n) is 3.32. The summed E-state index contributed by atoms with van der Waals surface area (Å²) in [5.74, 6) is 0.915. The molecule has 0 aromatic heterocycles. The Labute approximate surface area is 151 Å². The van der Waals surface area contributed by atoms with Crippen LogP contribution in [-0.4, -0.2) is 11.8 Å². The Kier molecular flexibility index (Phi) is 4.17. The van der Waals surface area contributed by atoms with Gasteiger partial charge in [-0.2, -0.15) is 0 Å². The summed E-state index contributed by atoms with van der Waals surface area (Å²) in [5, 5.41) is 0. The molecule has 0 saturated carbocycles. The highest BCUT2D eigenvalue weighted by Gasteiger charge is 2.31. The van der Waals surface area contributed by atoms with Crippen LogP contribution < -0.4 is 9.47 Å². The molecule has 0 radical (unpaired) electrons. The number of allylic oxidation sites excluding steroid dienone is 1. The van der Waals surface area contributed by atoms with Gasteiger partial charge in [0.1, 0.15) is 23.0 Å². The number of carbonyl (C=O) groups is 2. The summed E-state index contributed by atoms with van der Waals surface area (Å²) in [5.41, 5.74) is 2.80. The van der Waals surface area contributed by atoms with E-state index in [-0.39, 0.29) is 18.2 Å². The van der Waals surface area contributed by atoms with Crippen molar-refractivity contribution in [3.63, 3.8) is 0 Å². The van der Waals surface area contributed by atoms with E-state index in [1.807, 2.05) is 42.5 Å². The van der Waals surface area contributed by atoms with Gasteiger partial charge in [-0.05, 0) is 35.8 Å². The first-order valence-corrected chi connectivity index (χ1v) is 8.57. The maximum Gasteiger partial charge on any atom is 0.315 e. The molecule has 0 amide bonds. The van der Waals surface area contributed by atoms with Gasteiger partial charge in [0.2, 0.25) is 0 Å². The van der Waals surface area contributed by atoms with Gasteiger partial charge >= 0.3 is 5.97 Å². The van der Waals surface area contributed by atoms with E-state index in [4.69, 9.17) is 9.47 Å². The van der Waals surface area contributed by atoms with Crippen molar-refractivity contribution in [2.24, 2.45) is 5.92 Å². The molecule has 2 aromatic rings. The molecule has 0 fully saturated rings. The molecule has 2 aliphatic rings. The summed E-state index contributed by atoms with van der Waals surface area (Å²) in [6, 6.07) is 13.2. The fraction of sp³-hybridized carbons (Fsp3) is 0.182. The van der Waals surface area contributed by atoms with Crippen molar-refractivity contribution in [1.82, 2.24) is 0 Å². The molecule has 4 rings (SSSR count). The Morgan fingerprint density at radius 2 is 1.88 bits per heavy atom. The predicted molar refractivity (Wildman–Crippen MR) is 97.8 cm³/mol. The Morgan fingerprint density at radius 1 is 1.08 bits per heavy atom. The molecular formula is C22H18O4. The van der Waals surface area contributed by atoms with Crippen molar-refractivity contribution < 1.29 is 19.1 Å². The average molecular weight is 346 g/mol. The molecule has 0 saturated heterocycles. The largest absolute Gasteiger partial charge is 0.457 e. The van der Waals surface area contributed by atoms with Gasteiger partial charge in [0.05, 0.1) is 5.92 Å². The van der Waals surface area contributed by atoms with Crippen molar-refractivity contribution in [2.75, 3.05) is 0 Å². The van der Waals surface area contributed by atoms with Crippen LogP contribution in [0.5, 0.6) is 11.5 Å². The van der Waals surface area contributed by atoms with Gasteiger partial charge < -0.3 is 9.47 Å². The number of hydrogen-bond donors (Lipinski definition) is 0. The van der Waals surface area contributed by atoms with Crippen LogP contribution in [0, 0.1) is 5.92 Å². The van der Waals surface area contributed by atoms with Crippen molar-refractivity contribution in [2.45, 2.75) is 19.3 Å². The lowest BCUT2D eigenvalue weighted by Crippen LogP contribution is -2.30. The first-order chi connectivity index (χ1) is 12.6. The highest BCUT2D eigenvalue weighted by molar-refractivity contribution is 5.88. The molecule has 0 bridgehead atoms. The molecule has 1 unspecified atom stereocenters. The standard InChI is InChI=1S/C22H18O4/c1-14-7-8-16-10-17-11-18(22(24)26-21(17)13-20(16)25-14)12-19(23)9-15-5-3-2-4-6-15/h2-8,10,13,18H,1,9,11-12H2. The van der Waals surface area contributed by atoms with Crippen LogP contribution in [0.3, 0.4) is 0 Å². The maximum atomic E-state index is 12.4. The van der Waals surface area contributed by atoms with Gasteiger partial charge in [-0.3, -0.25) is 9.59 Å². The second-order valence-corrected chi connectivity index (χ2v) is 6.63. The summed E-state index contributed by atoms with van der Waals surface area (Å²) in [6.45, 7) is 3.76. The zero-order valence-corrected chi connectivity index (χ0v) is 14.2.